The van der Waals surface area contributed by atoms with Gasteiger partial charge in [0.2, 0.25) is 5.91 Å². The molecular weight excluding hydrogens is 288 g/mol. The number of Topliss-reactive ketones (excluding diaryl/α,β-unsaturated/α-hetero) is 1. The van der Waals surface area contributed by atoms with Crippen molar-refractivity contribution in [2.45, 2.75) is 45.1 Å². The summed E-state index contributed by atoms with van der Waals surface area (Å²) in [5, 5.41) is 3.41. The van der Waals surface area contributed by atoms with Crippen LogP contribution in [0.2, 0.25) is 0 Å². The van der Waals surface area contributed by atoms with E-state index in [4.69, 9.17) is 17.3 Å². The summed E-state index contributed by atoms with van der Waals surface area (Å²) in [6, 6.07) is -0.178. The summed E-state index contributed by atoms with van der Waals surface area (Å²) in [4.78, 5) is 24.6. The van der Waals surface area contributed by atoms with Gasteiger partial charge in [-0.1, -0.05) is 31.9 Å². The number of carbonyl (C=O) groups excluding carboxylic acids is 2. The quantitative estimate of drug-likeness (QED) is 0.620. The van der Waals surface area contributed by atoms with Crippen LogP contribution in [0, 0.1) is 11.8 Å². The minimum Gasteiger partial charge on any atom is -0.380 e. The van der Waals surface area contributed by atoms with Crippen molar-refractivity contribution in [1.29, 1.82) is 0 Å². The Morgan fingerprint density at radius 2 is 2.10 bits per heavy atom. The number of hydrogen-bond acceptors (Lipinski definition) is 3. The van der Waals surface area contributed by atoms with E-state index in [-0.39, 0.29) is 29.6 Å². The van der Waals surface area contributed by atoms with Gasteiger partial charge in [-0.05, 0) is 19.3 Å². The minimum atomic E-state index is -0.312. The molecule has 3 atom stereocenters. The maximum atomic E-state index is 12.8. The Bertz CT molecular complexity index is 485. The highest BCUT2D eigenvalue weighted by Crippen LogP contribution is 2.36. The van der Waals surface area contributed by atoms with Gasteiger partial charge in [-0.15, -0.1) is 11.6 Å². The third-order valence-corrected chi connectivity index (χ3v) is 4.57. The van der Waals surface area contributed by atoms with Crippen LogP contribution in [0.1, 0.15) is 39.0 Å². The van der Waals surface area contributed by atoms with Gasteiger partial charge in [-0.3, -0.25) is 9.59 Å². The molecule has 0 radical (unpaired) electrons. The molecule has 1 heterocycles. The van der Waals surface area contributed by atoms with Crippen LogP contribution in [-0.2, 0) is 9.59 Å². The number of rotatable bonds is 3. The van der Waals surface area contributed by atoms with E-state index in [1.54, 1.807) is 6.08 Å². The van der Waals surface area contributed by atoms with Gasteiger partial charge in [0.15, 0.2) is 5.78 Å². The van der Waals surface area contributed by atoms with Gasteiger partial charge < -0.3 is 11.1 Å². The summed E-state index contributed by atoms with van der Waals surface area (Å²) < 4.78 is 0. The molecule has 0 aromatic carbocycles. The maximum absolute atomic E-state index is 12.8. The van der Waals surface area contributed by atoms with Gasteiger partial charge in [0, 0.05) is 29.1 Å². The second-order valence-corrected chi connectivity index (χ2v) is 6.04. The Hall–Kier alpha value is -1.29. The van der Waals surface area contributed by atoms with Crippen molar-refractivity contribution in [3.8, 4) is 0 Å². The van der Waals surface area contributed by atoms with Gasteiger partial charge >= 0.3 is 0 Å². The van der Waals surface area contributed by atoms with Crippen molar-refractivity contribution >= 4 is 23.3 Å². The first-order chi connectivity index (χ1) is 10.1. The van der Waals surface area contributed by atoms with Gasteiger partial charge in [0.05, 0.1) is 5.92 Å². The first-order valence-corrected chi connectivity index (χ1v) is 8.20. The molecule has 2 rings (SSSR count). The Labute approximate surface area is 130 Å². The molecule has 4 nitrogen and oxygen atoms in total. The summed E-state index contributed by atoms with van der Waals surface area (Å²) in [6.45, 7) is 2.02. The third kappa shape index (κ3) is 3.31. The molecular formula is C16H23ClN2O2. The third-order valence-electron chi connectivity index (χ3n) is 4.42. The normalized spacial score (nSPS) is 33.4. The number of halogens is 1. The molecule has 0 spiro atoms. The zero-order valence-electron chi connectivity index (χ0n) is 12.4. The van der Waals surface area contributed by atoms with Gasteiger partial charge in [-0.2, -0.15) is 0 Å². The van der Waals surface area contributed by atoms with Crippen molar-refractivity contribution in [1.82, 2.24) is 5.32 Å². The van der Waals surface area contributed by atoms with Crippen molar-refractivity contribution in [2.75, 3.05) is 5.88 Å². The molecule has 0 aromatic rings. The van der Waals surface area contributed by atoms with Crippen molar-refractivity contribution < 1.29 is 9.59 Å². The molecule has 21 heavy (non-hydrogen) atoms. The molecule has 116 valence electrons. The minimum absolute atomic E-state index is 0.104. The van der Waals surface area contributed by atoms with Crippen LogP contribution >= 0.6 is 11.6 Å². The SMILES string of the molecule is CC/C=C1/NC2C(C(N)=O)CCCCC2C(=O)/C1=C/CCl. The fourth-order valence-electron chi connectivity index (χ4n) is 3.43. The second kappa shape index (κ2) is 7.12. The lowest BCUT2D eigenvalue weighted by Gasteiger charge is -2.37. The number of hydrogen-bond donors (Lipinski definition) is 2. The Morgan fingerprint density at radius 3 is 2.71 bits per heavy atom. The Balaban J connectivity index is 2.39. The number of fused-ring (bicyclic) bond motifs is 1. The van der Waals surface area contributed by atoms with Gasteiger partial charge in [0.1, 0.15) is 0 Å². The van der Waals surface area contributed by atoms with E-state index in [9.17, 15) is 9.59 Å². The van der Waals surface area contributed by atoms with E-state index in [1.807, 2.05) is 13.0 Å². The Kier molecular flexibility index (Phi) is 5.45. The molecule has 0 aromatic heterocycles. The Morgan fingerprint density at radius 1 is 1.38 bits per heavy atom. The lowest BCUT2D eigenvalue weighted by atomic mass is 9.77. The van der Waals surface area contributed by atoms with E-state index in [0.29, 0.717) is 11.5 Å². The fraction of sp³-hybridized carbons (Fsp3) is 0.625. The number of ketones is 1. The molecule has 0 bridgehead atoms. The van der Waals surface area contributed by atoms with Gasteiger partial charge in [-0.25, -0.2) is 0 Å². The molecule has 1 aliphatic heterocycles. The number of amides is 1. The number of carbonyl (C=O) groups is 2. The number of piperidine rings is 1. The summed E-state index contributed by atoms with van der Waals surface area (Å²) in [7, 11) is 0. The highest BCUT2D eigenvalue weighted by atomic mass is 35.5. The average molecular weight is 311 g/mol. The van der Waals surface area contributed by atoms with Crippen LogP contribution < -0.4 is 11.1 Å². The van der Waals surface area contributed by atoms with Crippen LogP contribution in [0.15, 0.2) is 23.4 Å². The number of allylic oxidation sites excluding steroid dienone is 3. The van der Waals surface area contributed by atoms with Crippen molar-refractivity contribution in [3.63, 3.8) is 0 Å². The first-order valence-electron chi connectivity index (χ1n) is 7.66. The zero-order chi connectivity index (χ0) is 15.4. The highest BCUT2D eigenvalue weighted by molar-refractivity contribution is 6.19. The molecule has 2 aliphatic rings. The highest BCUT2D eigenvalue weighted by Gasteiger charge is 2.43. The van der Waals surface area contributed by atoms with Crippen LogP contribution in [0.5, 0.6) is 0 Å². The zero-order valence-corrected chi connectivity index (χ0v) is 13.2. The summed E-state index contributed by atoms with van der Waals surface area (Å²) in [5.74, 6) is -0.353. The van der Waals surface area contributed by atoms with Crippen LogP contribution in [0.4, 0.5) is 0 Å². The van der Waals surface area contributed by atoms with Crippen molar-refractivity contribution in [2.24, 2.45) is 17.6 Å². The van der Waals surface area contributed by atoms with Gasteiger partial charge in [0.25, 0.3) is 0 Å². The molecule has 5 heteroatoms. The predicted molar refractivity (Wildman–Crippen MR) is 83.8 cm³/mol. The van der Waals surface area contributed by atoms with Crippen LogP contribution in [-0.4, -0.2) is 23.6 Å². The predicted octanol–water partition coefficient (Wildman–Crippen LogP) is 2.28. The number of nitrogens with two attached hydrogens (primary N) is 1. The lowest BCUT2D eigenvalue weighted by molar-refractivity contribution is -0.125. The van der Waals surface area contributed by atoms with E-state index < -0.39 is 0 Å². The number of nitrogens with one attached hydrogen (secondary N) is 1. The first kappa shape index (κ1) is 16.1. The molecule has 2 fully saturated rings. The molecule has 1 saturated carbocycles. The smallest absolute Gasteiger partial charge is 0.222 e. The van der Waals surface area contributed by atoms with E-state index in [0.717, 1.165) is 37.8 Å². The molecule has 1 saturated heterocycles. The topological polar surface area (TPSA) is 72.2 Å². The number of alkyl halides is 1. The van der Waals surface area contributed by atoms with Crippen LogP contribution in [0.3, 0.4) is 0 Å². The molecule has 1 aliphatic carbocycles. The average Bonchev–Trinajstić information content (AvgIpc) is 2.66. The molecule has 3 unspecified atom stereocenters. The van der Waals surface area contributed by atoms with Crippen LogP contribution in [0.25, 0.3) is 0 Å². The monoisotopic (exact) mass is 310 g/mol. The number of primary amides is 1. The maximum Gasteiger partial charge on any atom is 0.222 e. The van der Waals surface area contributed by atoms with E-state index >= 15 is 0 Å². The van der Waals surface area contributed by atoms with Crippen molar-refractivity contribution in [3.05, 3.63) is 23.4 Å². The fourth-order valence-corrected chi connectivity index (χ4v) is 3.59. The summed E-state index contributed by atoms with van der Waals surface area (Å²) in [5.41, 5.74) is 7.02. The second-order valence-electron chi connectivity index (χ2n) is 5.73. The molecule has 1 amide bonds. The molecule has 3 N–H and O–H groups in total. The largest absolute Gasteiger partial charge is 0.380 e. The standard InChI is InChI=1S/C16H23ClN2O2/c1-2-5-13-10(8-9-17)15(20)11-6-3-4-7-12(16(18)21)14(11)19-13/h5,8,11-12,14,19H,2-4,6-7,9H2,1H3,(H2,18,21)/b10-8+,13-5+. The van der Waals surface area contributed by atoms with E-state index in [2.05, 4.69) is 5.32 Å². The summed E-state index contributed by atoms with van der Waals surface area (Å²) >= 11 is 5.79. The summed E-state index contributed by atoms with van der Waals surface area (Å²) in [6.07, 6.45) is 8.02. The van der Waals surface area contributed by atoms with E-state index in [1.165, 1.54) is 0 Å². The lowest BCUT2D eigenvalue weighted by Crippen LogP contribution is -2.53.